The summed E-state index contributed by atoms with van der Waals surface area (Å²) >= 11 is 0. The van der Waals surface area contributed by atoms with Gasteiger partial charge in [-0.1, -0.05) is 30.3 Å². The molecule has 0 aliphatic heterocycles. The lowest BCUT2D eigenvalue weighted by Gasteiger charge is -2.09. The number of methoxy groups -OCH3 is 1. The van der Waals surface area contributed by atoms with Crippen LogP contribution in [0.15, 0.2) is 60.7 Å². The van der Waals surface area contributed by atoms with Gasteiger partial charge in [0.15, 0.2) is 0 Å². The molecule has 0 fully saturated rings. The summed E-state index contributed by atoms with van der Waals surface area (Å²) in [6, 6.07) is 21.1. The largest absolute Gasteiger partial charge is 0.465 e. The maximum atomic E-state index is 11.6. The van der Waals surface area contributed by atoms with E-state index in [0.29, 0.717) is 16.9 Å². The van der Waals surface area contributed by atoms with E-state index in [1.54, 1.807) is 24.3 Å². The number of rotatable bonds is 2. The zero-order chi connectivity index (χ0) is 18.3. The summed E-state index contributed by atoms with van der Waals surface area (Å²) in [7, 11) is 1.35. The van der Waals surface area contributed by atoms with Gasteiger partial charge in [0.2, 0.25) is 0 Å². The second kappa shape index (κ2) is 5.94. The molecule has 0 amide bonds. The van der Waals surface area contributed by atoms with Crippen LogP contribution >= 0.6 is 0 Å². The molecule has 126 valence electrons. The zero-order valence-corrected chi connectivity index (χ0v) is 14.1. The quantitative estimate of drug-likeness (QED) is 0.558. The molecule has 0 aliphatic rings. The molecule has 1 heterocycles. The molecular weight excluding hydrogens is 326 g/mol. The van der Waals surface area contributed by atoms with Crippen molar-refractivity contribution in [2.24, 2.45) is 0 Å². The number of nitrogen functional groups attached to an aromatic ring is 1. The van der Waals surface area contributed by atoms with E-state index in [0.717, 1.165) is 27.4 Å². The predicted octanol–water partition coefficient (Wildman–Crippen LogP) is 4.02. The molecule has 0 radical (unpaired) electrons. The minimum atomic E-state index is -0.398. The Hall–Kier alpha value is -3.78. The summed E-state index contributed by atoms with van der Waals surface area (Å²) in [5.41, 5.74) is 8.86. The average Bonchev–Trinajstić information content (AvgIpc) is 2.99. The monoisotopic (exact) mass is 341 g/mol. The lowest BCUT2D eigenvalue weighted by molar-refractivity contribution is 0.0601. The van der Waals surface area contributed by atoms with Crippen LogP contribution in [-0.4, -0.2) is 17.6 Å². The number of nitriles is 1. The Morgan fingerprint density at radius 3 is 2.50 bits per heavy atom. The Balaban J connectivity index is 2.02. The number of esters is 1. The first-order valence-corrected chi connectivity index (χ1v) is 8.06. The Kier molecular flexibility index (Phi) is 3.59. The van der Waals surface area contributed by atoms with E-state index in [2.05, 4.69) is 6.07 Å². The van der Waals surface area contributed by atoms with Crippen molar-refractivity contribution in [3.63, 3.8) is 0 Å². The number of ether oxygens (including phenoxy) is 1. The molecule has 0 unspecified atom stereocenters. The highest BCUT2D eigenvalue weighted by atomic mass is 16.5. The lowest BCUT2D eigenvalue weighted by atomic mass is 10.0. The molecule has 4 rings (SSSR count). The molecule has 5 nitrogen and oxygen atoms in total. The highest BCUT2D eigenvalue weighted by Gasteiger charge is 2.18. The van der Waals surface area contributed by atoms with Gasteiger partial charge < -0.3 is 10.5 Å². The van der Waals surface area contributed by atoms with E-state index < -0.39 is 5.97 Å². The molecule has 0 spiro atoms. The molecule has 0 saturated heterocycles. The molecule has 5 heteroatoms. The summed E-state index contributed by atoms with van der Waals surface area (Å²) in [6.45, 7) is 0. The fourth-order valence-corrected chi connectivity index (χ4v) is 3.33. The maximum absolute atomic E-state index is 11.6. The molecule has 3 aromatic carbocycles. The summed E-state index contributed by atoms with van der Waals surface area (Å²) in [6.07, 6.45) is 0. The van der Waals surface area contributed by atoms with E-state index >= 15 is 0 Å². The SMILES string of the molecule is COC(=O)c1ccc(-n2c(N)c(C#N)c3c4ccccc4ccc32)cc1. The van der Waals surface area contributed by atoms with Gasteiger partial charge in [-0.2, -0.15) is 5.26 Å². The lowest BCUT2D eigenvalue weighted by Crippen LogP contribution is -2.03. The van der Waals surface area contributed by atoms with Crippen LogP contribution in [0.25, 0.3) is 27.4 Å². The first-order valence-electron chi connectivity index (χ1n) is 8.06. The van der Waals surface area contributed by atoms with Crippen LogP contribution in [0.1, 0.15) is 15.9 Å². The van der Waals surface area contributed by atoms with Crippen LogP contribution in [0.2, 0.25) is 0 Å². The highest BCUT2D eigenvalue weighted by Crippen LogP contribution is 2.36. The maximum Gasteiger partial charge on any atom is 0.337 e. The van der Waals surface area contributed by atoms with E-state index in [-0.39, 0.29) is 0 Å². The van der Waals surface area contributed by atoms with Gasteiger partial charge >= 0.3 is 5.97 Å². The summed E-state index contributed by atoms with van der Waals surface area (Å²) in [5.74, 6) is -0.0183. The second-order valence-corrected chi connectivity index (χ2v) is 5.93. The van der Waals surface area contributed by atoms with Gasteiger partial charge in [-0.05, 0) is 41.1 Å². The molecular formula is C21H15N3O2. The molecule has 2 N–H and O–H groups in total. The number of carbonyl (C=O) groups is 1. The van der Waals surface area contributed by atoms with Gasteiger partial charge in [-0.15, -0.1) is 0 Å². The highest BCUT2D eigenvalue weighted by molar-refractivity contribution is 6.12. The Morgan fingerprint density at radius 1 is 1.08 bits per heavy atom. The minimum Gasteiger partial charge on any atom is -0.465 e. The van der Waals surface area contributed by atoms with Gasteiger partial charge in [0, 0.05) is 11.1 Å². The number of aromatic nitrogens is 1. The van der Waals surface area contributed by atoms with Gasteiger partial charge in [0.25, 0.3) is 0 Å². The fraction of sp³-hybridized carbons (Fsp3) is 0.0476. The number of benzene rings is 3. The number of anilines is 1. The van der Waals surface area contributed by atoms with Crippen molar-refractivity contribution >= 4 is 33.5 Å². The van der Waals surface area contributed by atoms with Gasteiger partial charge in [0.05, 0.1) is 18.2 Å². The third kappa shape index (κ3) is 2.20. The van der Waals surface area contributed by atoms with Crippen LogP contribution in [0.4, 0.5) is 5.82 Å². The number of fused-ring (bicyclic) bond motifs is 3. The summed E-state index contributed by atoms with van der Waals surface area (Å²) in [5, 5.41) is 12.5. The predicted molar refractivity (Wildman–Crippen MR) is 101 cm³/mol. The molecule has 4 aromatic rings. The van der Waals surface area contributed by atoms with Gasteiger partial charge in [-0.25, -0.2) is 4.79 Å². The number of hydrogen-bond donors (Lipinski definition) is 1. The Bertz CT molecular complexity index is 1200. The van der Waals surface area contributed by atoms with E-state index in [1.807, 2.05) is 41.0 Å². The molecule has 0 saturated carbocycles. The van der Waals surface area contributed by atoms with Crippen LogP contribution in [0, 0.1) is 11.3 Å². The van der Waals surface area contributed by atoms with Crippen LogP contribution in [0.5, 0.6) is 0 Å². The number of nitrogens with zero attached hydrogens (tertiary/aromatic N) is 2. The standard InChI is InChI=1S/C21H15N3O2/c1-26-21(25)14-6-9-15(10-7-14)24-18-11-8-13-4-2-3-5-16(13)19(18)17(12-22)20(24)23/h2-11H,23H2,1H3. The molecule has 1 aromatic heterocycles. The average molecular weight is 341 g/mol. The van der Waals surface area contributed by atoms with Crippen molar-refractivity contribution in [2.75, 3.05) is 12.8 Å². The van der Waals surface area contributed by atoms with Crippen molar-refractivity contribution in [3.8, 4) is 11.8 Å². The molecule has 0 atom stereocenters. The molecule has 26 heavy (non-hydrogen) atoms. The van der Waals surface area contributed by atoms with E-state index in [9.17, 15) is 10.1 Å². The first kappa shape index (κ1) is 15.7. The van der Waals surface area contributed by atoms with Crippen molar-refractivity contribution in [1.29, 1.82) is 5.26 Å². The Morgan fingerprint density at radius 2 is 1.81 bits per heavy atom. The summed E-state index contributed by atoms with van der Waals surface area (Å²) in [4.78, 5) is 11.6. The third-order valence-electron chi connectivity index (χ3n) is 4.55. The van der Waals surface area contributed by atoms with Crippen molar-refractivity contribution in [2.45, 2.75) is 0 Å². The molecule has 0 aliphatic carbocycles. The van der Waals surface area contributed by atoms with E-state index in [1.165, 1.54) is 7.11 Å². The molecule has 0 bridgehead atoms. The second-order valence-electron chi connectivity index (χ2n) is 5.93. The van der Waals surface area contributed by atoms with Crippen molar-refractivity contribution in [3.05, 3.63) is 71.8 Å². The first-order chi connectivity index (χ1) is 12.7. The third-order valence-corrected chi connectivity index (χ3v) is 4.55. The Labute approximate surface area is 149 Å². The smallest absolute Gasteiger partial charge is 0.337 e. The van der Waals surface area contributed by atoms with Gasteiger partial charge in [-0.3, -0.25) is 4.57 Å². The number of hydrogen-bond acceptors (Lipinski definition) is 4. The number of carbonyl (C=O) groups excluding carboxylic acids is 1. The van der Waals surface area contributed by atoms with Crippen LogP contribution < -0.4 is 5.73 Å². The van der Waals surface area contributed by atoms with Crippen LogP contribution in [-0.2, 0) is 4.74 Å². The van der Waals surface area contributed by atoms with Crippen molar-refractivity contribution < 1.29 is 9.53 Å². The summed E-state index contributed by atoms with van der Waals surface area (Å²) < 4.78 is 6.57. The van der Waals surface area contributed by atoms with Crippen molar-refractivity contribution in [1.82, 2.24) is 4.57 Å². The normalized spacial score (nSPS) is 10.8. The number of nitrogens with two attached hydrogens (primary N) is 1. The van der Waals surface area contributed by atoms with E-state index in [4.69, 9.17) is 10.5 Å². The zero-order valence-electron chi connectivity index (χ0n) is 14.1. The minimum absolute atomic E-state index is 0.379. The van der Waals surface area contributed by atoms with Crippen LogP contribution in [0.3, 0.4) is 0 Å². The fourth-order valence-electron chi connectivity index (χ4n) is 3.33. The van der Waals surface area contributed by atoms with Gasteiger partial charge in [0.1, 0.15) is 17.5 Å². The topological polar surface area (TPSA) is 81.0 Å².